The molecule has 5 aromatic rings. The molecule has 4 N–H and O–H groups in total. The Bertz CT molecular complexity index is 1430. The van der Waals surface area contributed by atoms with Crippen molar-refractivity contribution in [3.05, 3.63) is 84.9 Å². The van der Waals surface area contributed by atoms with Crippen LogP contribution in [0.4, 0.5) is 11.5 Å². The highest BCUT2D eigenvalue weighted by Crippen LogP contribution is 2.34. The zero-order valence-electron chi connectivity index (χ0n) is 17.9. The van der Waals surface area contributed by atoms with Gasteiger partial charge in [0.25, 0.3) is 0 Å². The molecule has 0 aliphatic rings. The highest BCUT2D eigenvalue weighted by molar-refractivity contribution is 6.01. The molecule has 0 unspecified atom stereocenters. The Labute approximate surface area is 190 Å². The number of aromatic amines is 1. The summed E-state index contributed by atoms with van der Waals surface area (Å²) in [5.74, 6) is 1.78. The molecule has 7 nitrogen and oxygen atoms in total. The number of carbonyl (C=O) groups is 1. The van der Waals surface area contributed by atoms with Crippen LogP contribution in [0.15, 0.2) is 84.9 Å². The Kier molecular flexibility index (Phi) is 5.20. The standard InChI is InChI=1S/C26H21N5O2/c1-16(32)28-19-11-7-17(8-12-19)22-15-23-24(26(27)31-30-23)25(29-22)18-9-13-21(14-10-18)33-20-5-3-2-4-6-20/h2-15H,1H3,(H,28,32)(H3,27,30,31). The molecule has 3 aromatic carbocycles. The van der Waals surface area contributed by atoms with Gasteiger partial charge < -0.3 is 15.8 Å². The molecule has 0 spiro atoms. The number of benzene rings is 3. The Morgan fingerprint density at radius 2 is 1.58 bits per heavy atom. The van der Waals surface area contributed by atoms with E-state index in [1.54, 1.807) is 0 Å². The molecule has 2 heterocycles. The van der Waals surface area contributed by atoms with E-state index < -0.39 is 0 Å². The van der Waals surface area contributed by atoms with Gasteiger partial charge in [-0.3, -0.25) is 9.89 Å². The molecule has 5 rings (SSSR count). The normalized spacial score (nSPS) is 10.8. The molecule has 0 fully saturated rings. The number of rotatable bonds is 5. The topological polar surface area (TPSA) is 106 Å². The van der Waals surface area contributed by atoms with Gasteiger partial charge in [0, 0.05) is 23.7 Å². The van der Waals surface area contributed by atoms with Crippen LogP contribution in [0.25, 0.3) is 33.4 Å². The SMILES string of the molecule is CC(=O)Nc1ccc(-c2cc3[nH]nc(N)c3c(-c3ccc(Oc4ccccc4)cc3)n2)cc1. The lowest BCUT2D eigenvalue weighted by Crippen LogP contribution is -2.05. The average molecular weight is 435 g/mol. The van der Waals surface area contributed by atoms with Crippen molar-refractivity contribution in [1.82, 2.24) is 15.2 Å². The van der Waals surface area contributed by atoms with Crippen LogP contribution in [0.3, 0.4) is 0 Å². The van der Waals surface area contributed by atoms with Crippen molar-refractivity contribution in [1.29, 1.82) is 0 Å². The number of fused-ring (bicyclic) bond motifs is 1. The van der Waals surface area contributed by atoms with Crippen molar-refractivity contribution in [2.24, 2.45) is 0 Å². The second-order valence-electron chi connectivity index (χ2n) is 7.59. The number of nitrogens with two attached hydrogens (primary N) is 1. The zero-order chi connectivity index (χ0) is 22.8. The summed E-state index contributed by atoms with van der Waals surface area (Å²) < 4.78 is 5.90. The van der Waals surface area contributed by atoms with Crippen LogP contribution in [-0.4, -0.2) is 21.1 Å². The number of H-pyrrole nitrogens is 1. The van der Waals surface area contributed by atoms with E-state index in [0.29, 0.717) is 5.82 Å². The molecule has 1 amide bonds. The van der Waals surface area contributed by atoms with Crippen molar-refractivity contribution in [2.75, 3.05) is 11.1 Å². The highest BCUT2D eigenvalue weighted by atomic mass is 16.5. The molecule has 0 aliphatic heterocycles. The molecule has 0 saturated heterocycles. The van der Waals surface area contributed by atoms with Gasteiger partial charge in [-0.1, -0.05) is 30.3 Å². The number of aromatic nitrogens is 3. The smallest absolute Gasteiger partial charge is 0.221 e. The summed E-state index contributed by atoms with van der Waals surface area (Å²) in [7, 11) is 0. The van der Waals surface area contributed by atoms with Gasteiger partial charge in [-0.25, -0.2) is 4.98 Å². The third-order valence-corrected chi connectivity index (χ3v) is 5.18. The first-order chi connectivity index (χ1) is 16.1. The third-order valence-electron chi connectivity index (χ3n) is 5.18. The number of hydrogen-bond donors (Lipinski definition) is 3. The minimum atomic E-state index is -0.114. The lowest BCUT2D eigenvalue weighted by atomic mass is 10.0. The molecule has 2 aromatic heterocycles. The van der Waals surface area contributed by atoms with Crippen molar-refractivity contribution in [2.45, 2.75) is 6.92 Å². The molecular weight excluding hydrogens is 414 g/mol. The van der Waals surface area contributed by atoms with Crippen molar-refractivity contribution in [3.8, 4) is 34.0 Å². The van der Waals surface area contributed by atoms with E-state index in [0.717, 1.165) is 50.6 Å². The molecule has 0 bridgehead atoms. The van der Waals surface area contributed by atoms with Crippen LogP contribution in [0.1, 0.15) is 6.92 Å². The van der Waals surface area contributed by atoms with Gasteiger partial charge in [-0.15, -0.1) is 0 Å². The maximum Gasteiger partial charge on any atom is 0.221 e. The quantitative estimate of drug-likeness (QED) is 0.332. The first-order valence-electron chi connectivity index (χ1n) is 10.4. The van der Waals surface area contributed by atoms with E-state index in [2.05, 4.69) is 15.5 Å². The van der Waals surface area contributed by atoms with Crippen LogP contribution in [0.2, 0.25) is 0 Å². The predicted octanol–water partition coefficient (Wildman–Crippen LogP) is 5.62. The predicted molar refractivity (Wildman–Crippen MR) is 130 cm³/mol. The number of anilines is 2. The van der Waals surface area contributed by atoms with Gasteiger partial charge in [-0.05, 0) is 54.6 Å². The van der Waals surface area contributed by atoms with E-state index in [1.165, 1.54) is 6.92 Å². The zero-order valence-corrected chi connectivity index (χ0v) is 17.9. The fourth-order valence-electron chi connectivity index (χ4n) is 3.66. The summed E-state index contributed by atoms with van der Waals surface area (Å²) in [6.07, 6.45) is 0. The molecule has 7 heteroatoms. The molecule has 0 aliphatic carbocycles. The third kappa shape index (κ3) is 4.24. The van der Waals surface area contributed by atoms with Gasteiger partial charge in [0.2, 0.25) is 5.91 Å². The molecular formula is C26H21N5O2. The number of carbonyl (C=O) groups excluding carboxylic acids is 1. The van der Waals surface area contributed by atoms with Gasteiger partial charge in [0.05, 0.1) is 22.3 Å². The van der Waals surface area contributed by atoms with Gasteiger partial charge in [-0.2, -0.15) is 5.10 Å². The molecule has 0 saturated carbocycles. The first-order valence-corrected chi connectivity index (χ1v) is 10.4. The fraction of sp³-hybridized carbons (Fsp3) is 0.0385. The van der Waals surface area contributed by atoms with Crippen LogP contribution in [-0.2, 0) is 4.79 Å². The summed E-state index contributed by atoms with van der Waals surface area (Å²) in [6.45, 7) is 1.48. The fourth-order valence-corrected chi connectivity index (χ4v) is 3.66. The van der Waals surface area contributed by atoms with Crippen molar-refractivity contribution >= 4 is 28.3 Å². The van der Waals surface area contributed by atoms with Crippen molar-refractivity contribution in [3.63, 3.8) is 0 Å². The van der Waals surface area contributed by atoms with E-state index >= 15 is 0 Å². The van der Waals surface area contributed by atoms with Gasteiger partial charge in [0.15, 0.2) is 5.82 Å². The summed E-state index contributed by atoms with van der Waals surface area (Å²) in [6, 6.07) is 26.8. The number of nitrogens with zero attached hydrogens (tertiary/aromatic N) is 2. The molecule has 33 heavy (non-hydrogen) atoms. The molecule has 162 valence electrons. The molecule has 0 atom stereocenters. The van der Waals surface area contributed by atoms with Gasteiger partial charge >= 0.3 is 0 Å². The van der Waals surface area contributed by atoms with Crippen molar-refractivity contribution < 1.29 is 9.53 Å². The monoisotopic (exact) mass is 435 g/mol. The molecule has 0 radical (unpaired) electrons. The number of amides is 1. The van der Waals surface area contributed by atoms with E-state index in [4.69, 9.17) is 15.5 Å². The summed E-state index contributed by atoms with van der Waals surface area (Å²) >= 11 is 0. The van der Waals surface area contributed by atoms with Crippen LogP contribution < -0.4 is 15.8 Å². The lowest BCUT2D eigenvalue weighted by molar-refractivity contribution is -0.114. The maximum absolute atomic E-state index is 11.3. The largest absolute Gasteiger partial charge is 0.457 e. The Hall–Kier alpha value is -4.65. The number of nitrogen functional groups attached to an aromatic ring is 1. The second-order valence-corrected chi connectivity index (χ2v) is 7.59. The number of nitrogens with one attached hydrogen (secondary N) is 2. The van der Waals surface area contributed by atoms with Crippen LogP contribution >= 0.6 is 0 Å². The van der Waals surface area contributed by atoms with Crippen LogP contribution in [0.5, 0.6) is 11.5 Å². The minimum absolute atomic E-state index is 0.114. The second kappa shape index (κ2) is 8.47. The Morgan fingerprint density at radius 3 is 2.27 bits per heavy atom. The number of pyridine rings is 1. The Balaban J connectivity index is 1.52. The highest BCUT2D eigenvalue weighted by Gasteiger charge is 2.15. The average Bonchev–Trinajstić information content (AvgIpc) is 3.20. The first kappa shape index (κ1) is 20.3. The summed E-state index contributed by atoms with van der Waals surface area (Å²) in [4.78, 5) is 16.2. The number of ether oxygens (including phenoxy) is 1. The number of hydrogen-bond acceptors (Lipinski definition) is 5. The minimum Gasteiger partial charge on any atom is -0.457 e. The van der Waals surface area contributed by atoms with E-state index in [1.807, 2.05) is 84.9 Å². The number of para-hydroxylation sites is 1. The maximum atomic E-state index is 11.3. The summed E-state index contributed by atoms with van der Waals surface area (Å²) in [5, 5.41) is 10.7. The summed E-state index contributed by atoms with van der Waals surface area (Å²) in [5.41, 5.74) is 11.0. The van der Waals surface area contributed by atoms with E-state index in [9.17, 15) is 4.79 Å². The lowest BCUT2D eigenvalue weighted by Gasteiger charge is -2.10. The van der Waals surface area contributed by atoms with E-state index in [-0.39, 0.29) is 5.91 Å². The Morgan fingerprint density at radius 1 is 0.909 bits per heavy atom. The van der Waals surface area contributed by atoms with Crippen LogP contribution in [0, 0.1) is 0 Å². The van der Waals surface area contributed by atoms with Gasteiger partial charge in [0.1, 0.15) is 11.5 Å².